The largest absolute Gasteiger partial charge is 0.416 e. The van der Waals surface area contributed by atoms with E-state index >= 15 is 0 Å². The summed E-state index contributed by atoms with van der Waals surface area (Å²) in [5.41, 5.74) is 0.319. The number of anilines is 1. The first-order valence-electron chi connectivity index (χ1n) is 8.75. The van der Waals surface area contributed by atoms with Gasteiger partial charge in [0.25, 0.3) is 0 Å². The standard InChI is InChI=1S/C19H16ClF3N2O2S2/c20-14-7-6-13(19(21,22)23)8-16(14)25-17-11-29(26,27)10-15(17)24-18(25)28-9-12-4-2-1-3-5-12/h1-8,15,17H,9-11H2/t15-,17+/m0/s1. The zero-order chi connectivity index (χ0) is 20.8. The van der Waals surface area contributed by atoms with Crippen molar-refractivity contribution in [2.24, 2.45) is 4.99 Å². The van der Waals surface area contributed by atoms with E-state index in [-0.39, 0.29) is 22.2 Å². The third-order valence-corrected chi connectivity index (χ3v) is 7.91. The number of nitrogens with zero attached hydrogens (tertiary/aromatic N) is 2. The van der Waals surface area contributed by atoms with E-state index in [4.69, 9.17) is 11.6 Å². The molecule has 2 atom stereocenters. The molecule has 0 aliphatic carbocycles. The topological polar surface area (TPSA) is 49.7 Å². The SMILES string of the molecule is O=S1(=O)C[C@@H]2N=C(SCc3ccccc3)N(c3cc(C(F)(F)F)ccc3Cl)[C@@H]2C1. The van der Waals surface area contributed by atoms with Crippen molar-refractivity contribution >= 4 is 44.1 Å². The molecule has 154 valence electrons. The molecule has 0 radical (unpaired) electrons. The quantitative estimate of drug-likeness (QED) is 0.670. The van der Waals surface area contributed by atoms with Crippen molar-refractivity contribution in [1.82, 2.24) is 0 Å². The van der Waals surface area contributed by atoms with Crippen LogP contribution in [0.2, 0.25) is 5.02 Å². The third kappa shape index (κ3) is 4.27. The summed E-state index contributed by atoms with van der Waals surface area (Å²) >= 11 is 7.61. The van der Waals surface area contributed by atoms with E-state index < -0.39 is 33.7 Å². The lowest BCUT2D eigenvalue weighted by Gasteiger charge is -2.28. The van der Waals surface area contributed by atoms with Crippen LogP contribution in [-0.2, 0) is 21.8 Å². The number of rotatable bonds is 3. The molecule has 2 aliphatic heterocycles. The van der Waals surface area contributed by atoms with Crippen molar-refractivity contribution in [3.63, 3.8) is 0 Å². The summed E-state index contributed by atoms with van der Waals surface area (Å²) in [5, 5.41) is 0.607. The number of amidine groups is 1. The Kier molecular flexibility index (Phi) is 5.33. The Morgan fingerprint density at radius 2 is 1.86 bits per heavy atom. The van der Waals surface area contributed by atoms with Crippen LogP contribution in [0.5, 0.6) is 0 Å². The smallest absolute Gasteiger partial charge is 0.313 e. The van der Waals surface area contributed by atoms with Gasteiger partial charge in [-0.25, -0.2) is 8.42 Å². The van der Waals surface area contributed by atoms with Gasteiger partial charge in [0.05, 0.1) is 39.9 Å². The molecular weight excluding hydrogens is 445 g/mol. The summed E-state index contributed by atoms with van der Waals surface area (Å²) in [4.78, 5) is 6.11. The summed E-state index contributed by atoms with van der Waals surface area (Å²) in [5.74, 6) is 0.280. The Hall–Kier alpha value is -1.71. The van der Waals surface area contributed by atoms with Crippen LogP contribution < -0.4 is 4.90 Å². The molecular formula is C19H16ClF3N2O2S2. The first kappa shape index (κ1) is 20.6. The van der Waals surface area contributed by atoms with Gasteiger partial charge in [-0.2, -0.15) is 13.2 Å². The normalized spacial score (nSPS) is 23.2. The van der Waals surface area contributed by atoms with Crippen molar-refractivity contribution in [2.45, 2.75) is 24.0 Å². The van der Waals surface area contributed by atoms with Crippen molar-refractivity contribution in [3.8, 4) is 0 Å². The van der Waals surface area contributed by atoms with E-state index in [2.05, 4.69) is 4.99 Å². The molecule has 0 saturated carbocycles. The molecule has 2 heterocycles. The molecule has 0 unspecified atom stereocenters. The molecule has 29 heavy (non-hydrogen) atoms. The molecule has 0 N–H and O–H groups in total. The number of fused-ring (bicyclic) bond motifs is 1. The van der Waals surface area contributed by atoms with E-state index in [0.29, 0.717) is 10.9 Å². The third-order valence-electron chi connectivity index (χ3n) is 4.85. The predicted octanol–water partition coefficient (Wildman–Crippen LogP) is 4.63. The highest BCUT2D eigenvalue weighted by Crippen LogP contribution is 2.41. The minimum Gasteiger partial charge on any atom is -0.313 e. The summed E-state index contributed by atoms with van der Waals surface area (Å²) in [6.45, 7) is 0. The second-order valence-electron chi connectivity index (χ2n) is 6.93. The zero-order valence-electron chi connectivity index (χ0n) is 14.9. The van der Waals surface area contributed by atoms with E-state index in [1.54, 1.807) is 4.90 Å². The van der Waals surface area contributed by atoms with Gasteiger partial charge in [-0.1, -0.05) is 53.7 Å². The molecule has 2 aromatic carbocycles. The molecule has 0 spiro atoms. The fourth-order valence-corrected chi connectivity index (χ4v) is 6.63. The molecule has 0 aromatic heterocycles. The molecule has 10 heteroatoms. The zero-order valence-corrected chi connectivity index (χ0v) is 17.3. The molecule has 4 nitrogen and oxygen atoms in total. The van der Waals surface area contributed by atoms with E-state index in [1.807, 2.05) is 30.3 Å². The summed E-state index contributed by atoms with van der Waals surface area (Å²) in [7, 11) is -3.31. The Labute approximate surface area is 175 Å². The molecule has 2 aliphatic rings. The monoisotopic (exact) mass is 460 g/mol. The van der Waals surface area contributed by atoms with Crippen molar-refractivity contribution in [2.75, 3.05) is 16.4 Å². The summed E-state index contributed by atoms with van der Waals surface area (Å²) in [6.07, 6.45) is -4.53. The average molecular weight is 461 g/mol. The maximum atomic E-state index is 13.3. The van der Waals surface area contributed by atoms with E-state index in [1.165, 1.54) is 17.8 Å². The van der Waals surface area contributed by atoms with Gasteiger partial charge in [0.1, 0.15) is 0 Å². The Morgan fingerprint density at radius 3 is 2.55 bits per heavy atom. The lowest BCUT2D eigenvalue weighted by molar-refractivity contribution is -0.137. The van der Waals surface area contributed by atoms with Crippen molar-refractivity contribution in [1.29, 1.82) is 0 Å². The number of hydrogen-bond acceptors (Lipinski definition) is 5. The summed E-state index contributed by atoms with van der Waals surface area (Å²) in [6, 6.07) is 11.6. The van der Waals surface area contributed by atoms with Crippen LogP contribution in [-0.4, -0.2) is 37.2 Å². The van der Waals surface area contributed by atoms with Crippen LogP contribution in [0.3, 0.4) is 0 Å². The van der Waals surface area contributed by atoms with Crippen LogP contribution in [0.4, 0.5) is 18.9 Å². The fraction of sp³-hybridized carbons (Fsp3) is 0.316. The second-order valence-corrected chi connectivity index (χ2v) is 10.4. The van der Waals surface area contributed by atoms with Gasteiger partial charge in [-0.05, 0) is 23.8 Å². The maximum absolute atomic E-state index is 13.3. The Balaban J connectivity index is 1.71. The maximum Gasteiger partial charge on any atom is 0.416 e. The fourth-order valence-electron chi connectivity index (χ4n) is 3.51. The van der Waals surface area contributed by atoms with Gasteiger partial charge in [0.2, 0.25) is 0 Å². The van der Waals surface area contributed by atoms with Gasteiger partial charge in [-0.3, -0.25) is 4.99 Å². The molecule has 1 saturated heterocycles. The molecule has 2 aromatic rings. The van der Waals surface area contributed by atoms with Crippen LogP contribution in [0.25, 0.3) is 0 Å². The number of sulfone groups is 1. The average Bonchev–Trinajstić information content (AvgIpc) is 3.11. The van der Waals surface area contributed by atoms with Gasteiger partial charge in [0.15, 0.2) is 15.0 Å². The van der Waals surface area contributed by atoms with E-state index in [0.717, 1.165) is 17.7 Å². The van der Waals surface area contributed by atoms with Crippen LogP contribution >= 0.6 is 23.4 Å². The highest BCUT2D eigenvalue weighted by molar-refractivity contribution is 8.13. The van der Waals surface area contributed by atoms with Crippen molar-refractivity contribution in [3.05, 3.63) is 64.7 Å². The number of hydrogen-bond donors (Lipinski definition) is 0. The lowest BCUT2D eigenvalue weighted by Crippen LogP contribution is -2.39. The predicted molar refractivity (Wildman–Crippen MR) is 110 cm³/mol. The number of aliphatic imine (C=N–C) groups is 1. The van der Waals surface area contributed by atoms with Gasteiger partial charge in [-0.15, -0.1) is 0 Å². The first-order chi connectivity index (χ1) is 13.6. The Bertz CT molecular complexity index is 1060. The molecule has 0 amide bonds. The van der Waals surface area contributed by atoms with Gasteiger partial charge < -0.3 is 4.90 Å². The van der Waals surface area contributed by atoms with Gasteiger partial charge in [0, 0.05) is 5.75 Å². The number of alkyl halides is 3. The summed E-state index contributed by atoms with van der Waals surface area (Å²) < 4.78 is 64.0. The minimum absolute atomic E-state index is 0.111. The van der Waals surface area contributed by atoms with E-state index in [9.17, 15) is 21.6 Å². The highest BCUT2D eigenvalue weighted by Gasteiger charge is 2.48. The molecule has 1 fully saturated rings. The number of thioether (sulfide) groups is 1. The Morgan fingerprint density at radius 1 is 1.14 bits per heavy atom. The van der Waals surface area contributed by atoms with Gasteiger partial charge >= 0.3 is 6.18 Å². The van der Waals surface area contributed by atoms with Crippen LogP contribution in [0.15, 0.2) is 53.5 Å². The number of benzene rings is 2. The molecule has 4 rings (SSSR count). The highest BCUT2D eigenvalue weighted by atomic mass is 35.5. The minimum atomic E-state index is -4.53. The lowest BCUT2D eigenvalue weighted by atomic mass is 10.1. The number of halogens is 4. The molecule has 0 bridgehead atoms. The second kappa shape index (κ2) is 7.52. The van der Waals surface area contributed by atoms with Crippen molar-refractivity contribution < 1.29 is 21.6 Å². The van der Waals surface area contributed by atoms with Crippen LogP contribution in [0, 0.1) is 0 Å². The van der Waals surface area contributed by atoms with Crippen LogP contribution in [0.1, 0.15) is 11.1 Å². The first-order valence-corrected chi connectivity index (χ1v) is 11.9.